The van der Waals surface area contributed by atoms with Gasteiger partial charge in [0.15, 0.2) is 0 Å². The van der Waals surface area contributed by atoms with E-state index in [-0.39, 0.29) is 11.8 Å². The molecule has 6 nitrogen and oxygen atoms in total. The monoisotopic (exact) mass is 380 g/mol. The van der Waals surface area contributed by atoms with Crippen LogP contribution >= 0.6 is 0 Å². The summed E-state index contributed by atoms with van der Waals surface area (Å²) in [5.41, 5.74) is 9.30. The standard InChI is InChI=1S/C22H28N4O2/c1-25-12-14-26(15-13-25)22(28)16-17-6-9-19(10-7-17)24-21(27)11-8-18-4-2-3-5-20(18)23/h2-7,9-10H,8,11-16,23H2,1H3,(H,24,27). The van der Waals surface area contributed by atoms with Crippen molar-refractivity contribution in [2.24, 2.45) is 0 Å². The molecule has 2 aromatic rings. The van der Waals surface area contributed by atoms with Crippen LogP contribution in [0.15, 0.2) is 48.5 Å². The molecule has 0 aliphatic carbocycles. The number of carbonyl (C=O) groups excluding carboxylic acids is 2. The lowest BCUT2D eigenvalue weighted by molar-refractivity contribution is -0.132. The second kappa shape index (κ2) is 9.37. The Kier molecular flexibility index (Phi) is 6.66. The van der Waals surface area contributed by atoms with Crippen molar-refractivity contribution in [1.82, 2.24) is 9.80 Å². The van der Waals surface area contributed by atoms with Crippen LogP contribution in [0.2, 0.25) is 0 Å². The Bertz CT molecular complexity index is 812. The van der Waals surface area contributed by atoms with Gasteiger partial charge in [-0.25, -0.2) is 0 Å². The molecule has 0 radical (unpaired) electrons. The smallest absolute Gasteiger partial charge is 0.227 e. The zero-order valence-corrected chi connectivity index (χ0v) is 16.4. The van der Waals surface area contributed by atoms with Gasteiger partial charge in [-0.3, -0.25) is 9.59 Å². The number of hydrogen-bond acceptors (Lipinski definition) is 4. The first kappa shape index (κ1) is 19.9. The molecule has 1 aliphatic heterocycles. The van der Waals surface area contributed by atoms with Crippen LogP contribution in [-0.4, -0.2) is 54.8 Å². The average molecular weight is 380 g/mol. The van der Waals surface area contributed by atoms with E-state index in [1.54, 1.807) is 0 Å². The van der Waals surface area contributed by atoms with Gasteiger partial charge in [-0.05, 0) is 42.8 Å². The number of nitrogens with two attached hydrogens (primary N) is 1. The normalized spacial score (nSPS) is 14.7. The fraction of sp³-hybridized carbons (Fsp3) is 0.364. The molecule has 0 bridgehead atoms. The van der Waals surface area contributed by atoms with E-state index in [2.05, 4.69) is 17.3 Å². The van der Waals surface area contributed by atoms with Gasteiger partial charge in [0.1, 0.15) is 0 Å². The quantitative estimate of drug-likeness (QED) is 0.753. The molecule has 1 saturated heterocycles. The Hall–Kier alpha value is -2.86. The SMILES string of the molecule is CN1CCN(C(=O)Cc2ccc(NC(=O)CCc3ccccc3N)cc2)CC1. The van der Waals surface area contributed by atoms with Crippen LogP contribution in [0.25, 0.3) is 0 Å². The van der Waals surface area contributed by atoms with Gasteiger partial charge in [-0.1, -0.05) is 30.3 Å². The molecule has 0 unspecified atom stereocenters. The first-order valence-corrected chi connectivity index (χ1v) is 9.70. The van der Waals surface area contributed by atoms with E-state index in [0.717, 1.165) is 43.0 Å². The lowest BCUT2D eigenvalue weighted by atomic mass is 10.1. The fourth-order valence-electron chi connectivity index (χ4n) is 3.28. The minimum atomic E-state index is -0.0514. The van der Waals surface area contributed by atoms with Gasteiger partial charge in [0.2, 0.25) is 11.8 Å². The molecule has 2 aromatic carbocycles. The molecule has 6 heteroatoms. The minimum Gasteiger partial charge on any atom is -0.399 e. The van der Waals surface area contributed by atoms with Gasteiger partial charge in [-0.2, -0.15) is 0 Å². The number of rotatable bonds is 6. The van der Waals surface area contributed by atoms with Gasteiger partial charge < -0.3 is 20.9 Å². The summed E-state index contributed by atoms with van der Waals surface area (Å²) in [5.74, 6) is 0.106. The number of aryl methyl sites for hydroxylation is 1. The van der Waals surface area contributed by atoms with Gasteiger partial charge in [0.05, 0.1) is 6.42 Å². The predicted octanol–water partition coefficient (Wildman–Crippen LogP) is 2.16. The molecular formula is C22H28N4O2. The maximum absolute atomic E-state index is 12.4. The number of para-hydroxylation sites is 1. The summed E-state index contributed by atoms with van der Waals surface area (Å²) in [6, 6.07) is 15.1. The lowest BCUT2D eigenvalue weighted by Gasteiger charge is -2.32. The summed E-state index contributed by atoms with van der Waals surface area (Å²) >= 11 is 0. The highest BCUT2D eigenvalue weighted by atomic mass is 16.2. The number of nitrogen functional groups attached to an aromatic ring is 1. The molecule has 1 aliphatic rings. The van der Waals surface area contributed by atoms with E-state index in [4.69, 9.17) is 5.73 Å². The highest BCUT2D eigenvalue weighted by Gasteiger charge is 2.19. The number of hydrogen-bond donors (Lipinski definition) is 2. The third kappa shape index (κ3) is 5.57. The molecule has 3 N–H and O–H groups in total. The largest absolute Gasteiger partial charge is 0.399 e. The summed E-state index contributed by atoms with van der Waals surface area (Å²) in [4.78, 5) is 28.7. The van der Waals surface area contributed by atoms with Crippen LogP contribution in [-0.2, 0) is 22.4 Å². The highest BCUT2D eigenvalue weighted by molar-refractivity contribution is 5.91. The third-order valence-corrected chi connectivity index (χ3v) is 5.13. The second-order valence-corrected chi connectivity index (χ2v) is 7.30. The number of carbonyl (C=O) groups is 2. The van der Waals surface area contributed by atoms with Gasteiger partial charge in [0.25, 0.3) is 0 Å². The van der Waals surface area contributed by atoms with Crippen LogP contribution in [0.3, 0.4) is 0 Å². The van der Waals surface area contributed by atoms with E-state index in [1.807, 2.05) is 53.4 Å². The molecule has 148 valence electrons. The van der Waals surface area contributed by atoms with Crippen molar-refractivity contribution < 1.29 is 9.59 Å². The van der Waals surface area contributed by atoms with Crippen molar-refractivity contribution >= 4 is 23.2 Å². The topological polar surface area (TPSA) is 78.7 Å². The summed E-state index contributed by atoms with van der Waals surface area (Å²) in [6.07, 6.45) is 1.37. The average Bonchev–Trinajstić information content (AvgIpc) is 2.69. The maximum atomic E-state index is 12.4. The van der Waals surface area contributed by atoms with Crippen LogP contribution in [0.4, 0.5) is 11.4 Å². The second-order valence-electron chi connectivity index (χ2n) is 7.30. The first-order chi connectivity index (χ1) is 13.5. The Morgan fingerprint density at radius 3 is 2.36 bits per heavy atom. The molecule has 1 heterocycles. The van der Waals surface area contributed by atoms with Crippen LogP contribution < -0.4 is 11.1 Å². The molecule has 28 heavy (non-hydrogen) atoms. The number of nitrogens with one attached hydrogen (secondary N) is 1. The number of benzene rings is 2. The summed E-state index contributed by atoms with van der Waals surface area (Å²) in [6.45, 7) is 3.42. The number of amides is 2. The number of likely N-dealkylation sites (N-methyl/N-ethyl adjacent to an activating group) is 1. The Labute approximate surface area is 166 Å². The van der Waals surface area contributed by atoms with Crippen molar-refractivity contribution in [2.45, 2.75) is 19.3 Å². The van der Waals surface area contributed by atoms with Crippen molar-refractivity contribution in [3.8, 4) is 0 Å². The molecule has 0 aromatic heterocycles. The molecule has 2 amide bonds. The Balaban J connectivity index is 1.46. The molecular weight excluding hydrogens is 352 g/mol. The van der Waals surface area contributed by atoms with Crippen molar-refractivity contribution in [1.29, 1.82) is 0 Å². The lowest BCUT2D eigenvalue weighted by Crippen LogP contribution is -2.47. The van der Waals surface area contributed by atoms with Crippen LogP contribution in [0.5, 0.6) is 0 Å². The molecule has 0 saturated carbocycles. The van der Waals surface area contributed by atoms with E-state index in [1.165, 1.54) is 0 Å². The van der Waals surface area contributed by atoms with E-state index in [0.29, 0.717) is 24.9 Å². The van der Waals surface area contributed by atoms with Crippen molar-refractivity contribution in [3.05, 3.63) is 59.7 Å². The first-order valence-electron chi connectivity index (χ1n) is 9.70. The van der Waals surface area contributed by atoms with Crippen LogP contribution in [0, 0.1) is 0 Å². The number of anilines is 2. The van der Waals surface area contributed by atoms with Crippen LogP contribution in [0.1, 0.15) is 17.5 Å². The van der Waals surface area contributed by atoms with E-state index >= 15 is 0 Å². The molecule has 3 rings (SSSR count). The summed E-state index contributed by atoms with van der Waals surface area (Å²) < 4.78 is 0. The highest BCUT2D eigenvalue weighted by Crippen LogP contribution is 2.15. The van der Waals surface area contributed by atoms with Crippen molar-refractivity contribution in [2.75, 3.05) is 44.3 Å². The number of nitrogens with zero attached hydrogens (tertiary/aromatic N) is 2. The molecule has 1 fully saturated rings. The van der Waals surface area contributed by atoms with E-state index in [9.17, 15) is 9.59 Å². The Morgan fingerprint density at radius 1 is 1.00 bits per heavy atom. The maximum Gasteiger partial charge on any atom is 0.227 e. The van der Waals surface area contributed by atoms with Gasteiger partial charge in [0, 0.05) is 44.0 Å². The predicted molar refractivity (Wildman–Crippen MR) is 112 cm³/mol. The summed E-state index contributed by atoms with van der Waals surface area (Å²) in [7, 11) is 2.07. The van der Waals surface area contributed by atoms with Gasteiger partial charge >= 0.3 is 0 Å². The van der Waals surface area contributed by atoms with Crippen molar-refractivity contribution in [3.63, 3.8) is 0 Å². The zero-order valence-electron chi connectivity index (χ0n) is 16.4. The fourth-order valence-corrected chi connectivity index (χ4v) is 3.28. The number of piperazine rings is 1. The third-order valence-electron chi connectivity index (χ3n) is 5.13. The van der Waals surface area contributed by atoms with E-state index < -0.39 is 0 Å². The summed E-state index contributed by atoms with van der Waals surface area (Å²) in [5, 5.41) is 2.90. The molecule has 0 atom stereocenters. The Morgan fingerprint density at radius 2 is 1.68 bits per heavy atom. The molecule has 0 spiro atoms. The minimum absolute atomic E-state index is 0.0514. The zero-order chi connectivity index (χ0) is 19.9. The van der Waals surface area contributed by atoms with Gasteiger partial charge in [-0.15, -0.1) is 0 Å².